The first-order chi connectivity index (χ1) is 60.8. The number of nitrogens with zero attached hydrogens (tertiary/aromatic N) is 7. The maximum absolute atomic E-state index is 7.59. The molecule has 4 heterocycles. The lowest BCUT2D eigenvalue weighted by Gasteiger charge is -2.15. The predicted octanol–water partition coefficient (Wildman–Crippen LogP) is 32.4. The van der Waals surface area contributed by atoms with Crippen molar-refractivity contribution in [1.82, 2.24) is 18.7 Å². The Balaban J connectivity index is 0.000000104. The minimum atomic E-state index is 0.646. The molecular formula is C116H67N7. The zero-order valence-corrected chi connectivity index (χ0v) is 66.3. The van der Waals surface area contributed by atoms with Crippen LogP contribution in [-0.2, 0) is 0 Å². The monoisotopic (exact) mass is 1560 g/mol. The van der Waals surface area contributed by atoms with Crippen molar-refractivity contribution >= 4 is 179 Å². The summed E-state index contributed by atoms with van der Waals surface area (Å²) in [5, 5.41) is 30.1. The van der Waals surface area contributed by atoms with Gasteiger partial charge in [-0.05, 0) is 287 Å². The molecule has 0 N–H and O–H groups in total. The van der Waals surface area contributed by atoms with E-state index in [1.165, 1.54) is 163 Å². The highest BCUT2D eigenvalue weighted by atomic mass is 15.0. The van der Waals surface area contributed by atoms with E-state index in [2.05, 4.69) is 367 Å². The molecule has 22 aromatic carbocycles. The van der Waals surface area contributed by atoms with E-state index in [0.29, 0.717) is 17.1 Å². The van der Waals surface area contributed by atoms with E-state index in [1.54, 1.807) is 0 Å². The molecule has 0 saturated carbocycles. The Morgan fingerprint density at radius 2 is 0.423 bits per heavy atom. The van der Waals surface area contributed by atoms with Gasteiger partial charge in [0.15, 0.2) is 17.1 Å². The molecule has 26 aromatic rings. The zero-order valence-electron chi connectivity index (χ0n) is 66.3. The van der Waals surface area contributed by atoms with Crippen LogP contribution in [0.1, 0.15) is 0 Å². The summed E-state index contributed by atoms with van der Waals surface area (Å²) in [6.45, 7) is 22.7. The van der Waals surface area contributed by atoms with Gasteiger partial charge in [0.05, 0.1) is 36.3 Å². The molecule has 26 rings (SSSR count). The summed E-state index contributed by atoms with van der Waals surface area (Å²) in [7, 11) is 0. The standard InChI is InChI=1S/C41H24N2.C40H23N3.C35H20N2/c1-42-34-17-19-37-36-18-16-27(24-38(36)43(39(37)25-34)35-10-6-3-7-11-35)33-22-30-14-12-28-20-32(26-8-4-2-5-9-26)21-29-13-15-31(23-33)41(30)40(28)29;1-41-33-14-16-36-35-15-13-25(22-37(35)43(38(36)23-33)34-7-3-2-4-8-34)31-18-26-9-11-28-20-32(30-6-5-17-42-24-30)21-29-12-10-27(19-31)39(26)40(28)29;1-36-28-15-17-31-30-16-14-24(20-32(30)37(33(31)21-28)29-8-3-2-4-9-29)27-18-25-12-10-22-6-5-7-23-11-13-26(19-27)35(25)34(22)23/h2-25H;2-24H;2-21H. The van der Waals surface area contributed by atoms with Gasteiger partial charge in [-0.25, -0.2) is 14.5 Å². The van der Waals surface area contributed by atoms with Gasteiger partial charge in [0.2, 0.25) is 0 Å². The van der Waals surface area contributed by atoms with Crippen LogP contribution in [0.2, 0.25) is 0 Å². The molecule has 0 unspecified atom stereocenters. The third-order valence-corrected chi connectivity index (χ3v) is 25.3. The molecule has 0 fully saturated rings. The Morgan fingerprint density at radius 1 is 0.179 bits per heavy atom. The fraction of sp³-hybridized carbons (Fsp3) is 0. The second kappa shape index (κ2) is 28.1. The maximum Gasteiger partial charge on any atom is 0.189 e. The predicted molar refractivity (Wildman–Crippen MR) is 517 cm³/mol. The Bertz CT molecular complexity index is 8390. The first-order valence-corrected chi connectivity index (χ1v) is 41.4. The van der Waals surface area contributed by atoms with Gasteiger partial charge in [-0.2, -0.15) is 0 Å². The Hall–Kier alpha value is -17.0. The molecule has 0 amide bonds. The largest absolute Gasteiger partial charge is 0.310 e. The number of aromatic nitrogens is 4. The number of benzene rings is 22. The van der Waals surface area contributed by atoms with Gasteiger partial charge < -0.3 is 13.7 Å². The van der Waals surface area contributed by atoms with Crippen LogP contribution in [-0.4, -0.2) is 18.7 Å². The Labute approximate surface area is 707 Å². The average Bonchev–Trinajstić information content (AvgIpc) is 1.70. The molecule has 0 atom stereocenters. The van der Waals surface area contributed by atoms with Crippen molar-refractivity contribution in [3.8, 4) is 72.7 Å². The summed E-state index contributed by atoms with van der Waals surface area (Å²) < 4.78 is 6.86. The van der Waals surface area contributed by atoms with Crippen molar-refractivity contribution in [1.29, 1.82) is 0 Å². The van der Waals surface area contributed by atoms with Gasteiger partial charge in [0.25, 0.3) is 0 Å². The van der Waals surface area contributed by atoms with E-state index in [9.17, 15) is 0 Å². The van der Waals surface area contributed by atoms with Crippen LogP contribution in [0.4, 0.5) is 17.1 Å². The number of hydrogen-bond donors (Lipinski definition) is 0. The molecule has 7 nitrogen and oxygen atoms in total. The van der Waals surface area contributed by atoms with Crippen molar-refractivity contribution in [3.63, 3.8) is 0 Å². The molecule has 0 aliphatic rings. The molecule has 0 bridgehead atoms. The molecule has 0 saturated heterocycles. The van der Waals surface area contributed by atoms with E-state index in [-0.39, 0.29) is 0 Å². The van der Waals surface area contributed by atoms with Crippen molar-refractivity contribution in [2.24, 2.45) is 0 Å². The molecular weight excluding hydrogens is 1490 g/mol. The van der Waals surface area contributed by atoms with Crippen LogP contribution in [0, 0.1) is 19.7 Å². The van der Waals surface area contributed by atoms with Gasteiger partial charge >= 0.3 is 0 Å². The zero-order chi connectivity index (χ0) is 81.5. The quantitative estimate of drug-likeness (QED) is 0.110. The Morgan fingerprint density at radius 3 is 0.707 bits per heavy atom. The van der Waals surface area contributed by atoms with Crippen LogP contribution in [0.15, 0.2) is 407 Å². The summed E-state index contributed by atoms with van der Waals surface area (Å²) in [4.78, 5) is 15.5. The molecule has 566 valence electrons. The molecule has 0 spiro atoms. The van der Waals surface area contributed by atoms with Gasteiger partial charge in [0.1, 0.15) is 0 Å². The molecule has 7 heteroatoms. The third-order valence-electron chi connectivity index (χ3n) is 25.3. The fourth-order valence-electron chi connectivity index (χ4n) is 19.8. The molecule has 0 radical (unpaired) electrons. The number of pyridine rings is 1. The molecule has 0 aliphatic heterocycles. The lowest BCUT2D eigenvalue weighted by molar-refractivity contribution is 1.18. The first kappa shape index (κ1) is 70.2. The lowest BCUT2D eigenvalue weighted by atomic mass is 9.89. The number of fused-ring (bicyclic) bond motifs is 9. The van der Waals surface area contributed by atoms with Crippen LogP contribution in [0.5, 0.6) is 0 Å². The van der Waals surface area contributed by atoms with Crippen molar-refractivity contribution in [2.45, 2.75) is 0 Å². The summed E-state index contributed by atoms with van der Waals surface area (Å²) >= 11 is 0. The van der Waals surface area contributed by atoms with Crippen LogP contribution in [0.3, 0.4) is 0 Å². The third kappa shape index (κ3) is 11.5. The van der Waals surface area contributed by atoms with E-state index in [0.717, 1.165) is 71.9 Å². The van der Waals surface area contributed by atoms with Gasteiger partial charge in [-0.3, -0.25) is 4.98 Å². The maximum atomic E-state index is 7.59. The van der Waals surface area contributed by atoms with E-state index < -0.39 is 0 Å². The first-order valence-electron chi connectivity index (χ1n) is 41.4. The molecule has 123 heavy (non-hydrogen) atoms. The van der Waals surface area contributed by atoms with Crippen molar-refractivity contribution < 1.29 is 0 Å². The summed E-state index contributed by atoms with van der Waals surface area (Å²) in [6, 6.07) is 141. The van der Waals surface area contributed by atoms with Gasteiger partial charge in [-0.15, -0.1) is 0 Å². The van der Waals surface area contributed by atoms with Gasteiger partial charge in [-0.1, -0.05) is 255 Å². The lowest BCUT2D eigenvalue weighted by Crippen LogP contribution is -1.93. The molecule has 4 aromatic heterocycles. The topological polar surface area (TPSA) is 40.8 Å². The normalized spacial score (nSPS) is 11.7. The van der Waals surface area contributed by atoms with Crippen LogP contribution in [0.25, 0.3) is 250 Å². The smallest absolute Gasteiger partial charge is 0.189 e. The van der Waals surface area contributed by atoms with E-state index in [1.807, 2.05) is 73.1 Å². The fourth-order valence-corrected chi connectivity index (χ4v) is 19.8. The van der Waals surface area contributed by atoms with Crippen LogP contribution >= 0.6 is 0 Å². The average molecular weight is 1560 g/mol. The summed E-state index contributed by atoms with van der Waals surface area (Å²) in [6.07, 6.45) is 3.74. The number of hydrogen-bond acceptors (Lipinski definition) is 1. The van der Waals surface area contributed by atoms with E-state index >= 15 is 0 Å². The second-order valence-corrected chi connectivity index (χ2v) is 32.2. The second-order valence-electron chi connectivity index (χ2n) is 32.2. The minimum absolute atomic E-state index is 0.646. The summed E-state index contributed by atoms with van der Waals surface area (Å²) in [5.41, 5.74) is 23.7. The number of para-hydroxylation sites is 3. The highest BCUT2D eigenvalue weighted by Gasteiger charge is 2.22. The van der Waals surface area contributed by atoms with Gasteiger partial charge in [0, 0.05) is 83.9 Å². The minimum Gasteiger partial charge on any atom is -0.310 e. The van der Waals surface area contributed by atoms with Crippen molar-refractivity contribution in [2.75, 3.05) is 0 Å². The SMILES string of the molecule is [C-]#[N+]c1ccc2c3ccc(-c4cc5ccc6cc(-c7ccccc7)cc7ccc(c4)c5c67)cc3n(-c3ccccc3)c2c1.[C-]#[N+]c1ccc2c3ccc(-c4cc5ccc6cc(-c7cccnc7)cc7ccc(c4)c5c67)cc3n(-c3ccccc3)c2c1.[C-]#[N+]c1ccc2c3ccc(-c4cc5ccc6cccc7ccc(c4)c5c67)cc3n(-c3ccccc3)c2c1. The molecule has 0 aliphatic carbocycles. The highest BCUT2D eigenvalue weighted by molar-refractivity contribution is 6.28. The Kier molecular flexibility index (Phi) is 16.0. The summed E-state index contributed by atoms with van der Waals surface area (Å²) in [5.74, 6) is 0. The number of rotatable bonds is 8. The van der Waals surface area contributed by atoms with Crippen molar-refractivity contribution in [3.05, 3.63) is 441 Å². The van der Waals surface area contributed by atoms with Crippen LogP contribution < -0.4 is 0 Å². The highest BCUT2D eigenvalue weighted by Crippen LogP contribution is 2.47. The van der Waals surface area contributed by atoms with E-state index in [4.69, 9.17) is 19.7 Å².